The lowest BCUT2D eigenvalue weighted by Crippen LogP contribution is -2.34. The number of nitrogens with one attached hydrogen (secondary N) is 1. The quantitative estimate of drug-likeness (QED) is 0.874. The van der Waals surface area contributed by atoms with Crippen LogP contribution in [-0.4, -0.2) is 13.1 Å². The average Bonchev–Trinajstić information content (AvgIpc) is 2.44. The Morgan fingerprint density at radius 3 is 2.26 bits per heavy atom. The first-order valence-corrected chi connectivity index (χ1v) is 7.54. The zero-order valence-corrected chi connectivity index (χ0v) is 12.8. The number of nitrogens with two attached hydrogens (primary N) is 1. The van der Waals surface area contributed by atoms with Crippen LogP contribution < -0.4 is 11.1 Å². The zero-order chi connectivity index (χ0) is 14.0. The second-order valence-corrected chi connectivity index (χ2v) is 6.15. The summed E-state index contributed by atoms with van der Waals surface area (Å²) in [5, 5.41) is 3.39. The van der Waals surface area contributed by atoms with E-state index in [1.807, 2.05) is 0 Å². The van der Waals surface area contributed by atoms with Gasteiger partial charge in [-0.15, -0.1) is 0 Å². The third kappa shape index (κ3) is 3.01. The fourth-order valence-corrected chi connectivity index (χ4v) is 3.36. The summed E-state index contributed by atoms with van der Waals surface area (Å²) in [6.45, 7) is 6.60. The zero-order valence-electron chi connectivity index (χ0n) is 12.8. The smallest absolute Gasteiger partial charge is 0.0326 e. The summed E-state index contributed by atoms with van der Waals surface area (Å²) in [7, 11) is 2.07. The molecule has 1 saturated carbocycles. The van der Waals surface area contributed by atoms with Crippen LogP contribution in [0.1, 0.15) is 54.0 Å². The van der Waals surface area contributed by atoms with Crippen LogP contribution in [0.25, 0.3) is 0 Å². The van der Waals surface area contributed by atoms with Gasteiger partial charge in [-0.1, -0.05) is 12.1 Å². The van der Waals surface area contributed by atoms with Gasteiger partial charge in [-0.3, -0.25) is 0 Å². The van der Waals surface area contributed by atoms with Crippen molar-refractivity contribution in [3.63, 3.8) is 0 Å². The summed E-state index contributed by atoms with van der Waals surface area (Å²) in [5.74, 6) is 0.644. The van der Waals surface area contributed by atoms with Crippen LogP contribution in [0.2, 0.25) is 0 Å². The molecule has 1 atom stereocenters. The second-order valence-electron chi connectivity index (χ2n) is 6.15. The van der Waals surface area contributed by atoms with Crippen molar-refractivity contribution in [3.05, 3.63) is 34.4 Å². The summed E-state index contributed by atoms with van der Waals surface area (Å²) in [4.78, 5) is 0. The fraction of sp³-hybridized carbons (Fsp3) is 0.647. The monoisotopic (exact) mass is 260 g/mol. The number of hydrogen-bond acceptors (Lipinski definition) is 2. The fourth-order valence-electron chi connectivity index (χ4n) is 3.36. The Balaban J connectivity index is 2.12. The van der Waals surface area contributed by atoms with Crippen LogP contribution in [0.4, 0.5) is 0 Å². The van der Waals surface area contributed by atoms with Gasteiger partial charge >= 0.3 is 0 Å². The highest BCUT2D eigenvalue weighted by Crippen LogP contribution is 2.35. The maximum atomic E-state index is 6.56. The van der Waals surface area contributed by atoms with E-state index in [2.05, 4.69) is 45.3 Å². The van der Waals surface area contributed by atoms with Gasteiger partial charge in [0.25, 0.3) is 0 Å². The molecule has 0 saturated heterocycles. The molecule has 1 aliphatic rings. The molecule has 1 aliphatic carbocycles. The van der Waals surface area contributed by atoms with Crippen molar-refractivity contribution >= 4 is 0 Å². The van der Waals surface area contributed by atoms with Crippen LogP contribution in [0.5, 0.6) is 0 Å². The highest BCUT2D eigenvalue weighted by atomic mass is 14.9. The molecule has 0 aromatic heterocycles. The standard InChI is InChI=1S/C17H28N2/c1-11-5-10-16(13(3)12(11)2)17(18)14-6-8-15(19-4)9-7-14/h5,10,14-15,17,19H,6-9,18H2,1-4H3. The molecule has 0 spiro atoms. The molecule has 0 radical (unpaired) electrons. The number of benzene rings is 1. The topological polar surface area (TPSA) is 38.0 Å². The minimum atomic E-state index is 0.206. The van der Waals surface area contributed by atoms with Gasteiger partial charge in [0.05, 0.1) is 0 Å². The van der Waals surface area contributed by atoms with E-state index in [9.17, 15) is 0 Å². The third-order valence-corrected chi connectivity index (χ3v) is 5.15. The van der Waals surface area contributed by atoms with Crippen molar-refractivity contribution in [2.45, 2.75) is 58.5 Å². The molecule has 2 heteroatoms. The molecule has 1 unspecified atom stereocenters. The van der Waals surface area contributed by atoms with Crippen molar-refractivity contribution < 1.29 is 0 Å². The Morgan fingerprint density at radius 1 is 1.05 bits per heavy atom. The van der Waals surface area contributed by atoms with Gasteiger partial charge in [-0.2, -0.15) is 0 Å². The van der Waals surface area contributed by atoms with Gasteiger partial charge in [0, 0.05) is 12.1 Å². The predicted octanol–water partition coefficient (Wildman–Crippen LogP) is 3.39. The molecule has 2 rings (SSSR count). The number of aryl methyl sites for hydroxylation is 1. The Hall–Kier alpha value is -0.860. The van der Waals surface area contributed by atoms with Crippen molar-refractivity contribution in [3.8, 4) is 0 Å². The molecule has 0 aliphatic heterocycles. The number of hydrogen-bond donors (Lipinski definition) is 2. The molecular formula is C17H28N2. The van der Waals surface area contributed by atoms with Crippen molar-refractivity contribution in [1.29, 1.82) is 0 Å². The van der Waals surface area contributed by atoms with E-state index in [4.69, 9.17) is 5.73 Å². The normalized spacial score (nSPS) is 25.3. The van der Waals surface area contributed by atoms with Gasteiger partial charge < -0.3 is 11.1 Å². The maximum Gasteiger partial charge on any atom is 0.0326 e. The lowest BCUT2D eigenvalue weighted by molar-refractivity contribution is 0.266. The van der Waals surface area contributed by atoms with Crippen LogP contribution in [0.15, 0.2) is 12.1 Å². The van der Waals surface area contributed by atoms with Gasteiger partial charge in [0.2, 0.25) is 0 Å². The molecule has 1 aromatic rings. The molecule has 0 amide bonds. The number of rotatable bonds is 3. The molecule has 1 aromatic carbocycles. The maximum absolute atomic E-state index is 6.56. The Morgan fingerprint density at radius 2 is 1.68 bits per heavy atom. The minimum Gasteiger partial charge on any atom is -0.324 e. The van der Waals surface area contributed by atoms with E-state index in [0.717, 1.165) is 0 Å². The summed E-state index contributed by atoms with van der Waals surface area (Å²) in [6, 6.07) is 5.37. The van der Waals surface area contributed by atoms with Gasteiger partial charge in [-0.25, -0.2) is 0 Å². The first-order chi connectivity index (χ1) is 9.04. The van der Waals surface area contributed by atoms with Crippen LogP contribution in [0, 0.1) is 26.7 Å². The molecule has 3 N–H and O–H groups in total. The Labute approximate surface area is 117 Å². The molecule has 106 valence electrons. The summed E-state index contributed by atoms with van der Waals surface area (Å²) >= 11 is 0. The van der Waals surface area contributed by atoms with Gasteiger partial charge in [0.15, 0.2) is 0 Å². The lowest BCUT2D eigenvalue weighted by atomic mass is 9.78. The molecule has 2 nitrogen and oxygen atoms in total. The van der Waals surface area contributed by atoms with Gasteiger partial charge in [-0.05, 0) is 81.7 Å². The van der Waals surface area contributed by atoms with Crippen molar-refractivity contribution in [1.82, 2.24) is 5.32 Å². The summed E-state index contributed by atoms with van der Waals surface area (Å²) in [5.41, 5.74) is 12.1. The van der Waals surface area contributed by atoms with E-state index in [1.54, 1.807) is 0 Å². The summed E-state index contributed by atoms with van der Waals surface area (Å²) in [6.07, 6.45) is 5.02. The second kappa shape index (κ2) is 6.06. The van der Waals surface area contributed by atoms with E-state index in [0.29, 0.717) is 12.0 Å². The average molecular weight is 260 g/mol. The SMILES string of the molecule is CNC1CCC(C(N)c2ccc(C)c(C)c2C)CC1. The molecule has 19 heavy (non-hydrogen) atoms. The molecular weight excluding hydrogens is 232 g/mol. The molecule has 1 fully saturated rings. The Bertz CT molecular complexity index is 431. The highest BCUT2D eigenvalue weighted by molar-refractivity contribution is 5.40. The van der Waals surface area contributed by atoms with Crippen molar-refractivity contribution in [2.24, 2.45) is 11.7 Å². The van der Waals surface area contributed by atoms with E-state index >= 15 is 0 Å². The third-order valence-electron chi connectivity index (χ3n) is 5.15. The van der Waals surface area contributed by atoms with Crippen LogP contribution >= 0.6 is 0 Å². The predicted molar refractivity (Wildman–Crippen MR) is 82.4 cm³/mol. The summed E-state index contributed by atoms with van der Waals surface area (Å²) < 4.78 is 0. The Kier molecular flexibility index (Phi) is 4.64. The lowest BCUT2D eigenvalue weighted by Gasteiger charge is -2.33. The first-order valence-electron chi connectivity index (χ1n) is 7.54. The first kappa shape index (κ1) is 14.5. The highest BCUT2D eigenvalue weighted by Gasteiger charge is 2.26. The van der Waals surface area contributed by atoms with E-state index in [1.165, 1.54) is 47.9 Å². The van der Waals surface area contributed by atoms with Crippen LogP contribution in [-0.2, 0) is 0 Å². The van der Waals surface area contributed by atoms with Crippen molar-refractivity contribution in [2.75, 3.05) is 7.05 Å². The molecule has 0 heterocycles. The largest absolute Gasteiger partial charge is 0.324 e. The van der Waals surface area contributed by atoms with E-state index in [-0.39, 0.29) is 6.04 Å². The minimum absolute atomic E-state index is 0.206. The molecule has 0 bridgehead atoms. The van der Waals surface area contributed by atoms with Gasteiger partial charge in [0.1, 0.15) is 0 Å². The van der Waals surface area contributed by atoms with Crippen LogP contribution in [0.3, 0.4) is 0 Å². The van der Waals surface area contributed by atoms with E-state index < -0.39 is 0 Å².